The van der Waals surface area contributed by atoms with Crippen LogP contribution in [0.3, 0.4) is 0 Å². The van der Waals surface area contributed by atoms with Crippen LogP contribution < -0.4 is 10.1 Å². The number of nitrogens with zero attached hydrogens (tertiary/aromatic N) is 2. The molecule has 0 fully saturated rings. The topological polar surface area (TPSA) is 47.0 Å². The van der Waals surface area contributed by atoms with Crippen molar-refractivity contribution in [2.75, 3.05) is 11.9 Å². The van der Waals surface area contributed by atoms with Crippen LogP contribution in [0.2, 0.25) is 5.02 Å². The van der Waals surface area contributed by atoms with Crippen molar-refractivity contribution in [3.8, 4) is 11.6 Å². The fourth-order valence-electron chi connectivity index (χ4n) is 1.39. The van der Waals surface area contributed by atoms with E-state index in [1.807, 2.05) is 6.07 Å². The Balaban J connectivity index is 2.14. The Hall–Kier alpha value is -1.33. The van der Waals surface area contributed by atoms with Gasteiger partial charge in [0.05, 0.1) is 5.02 Å². The predicted molar refractivity (Wildman–Crippen MR) is 80.0 cm³/mol. The lowest BCUT2D eigenvalue weighted by molar-refractivity contribution is 0.462. The molecule has 0 spiro atoms. The van der Waals surface area contributed by atoms with Gasteiger partial charge in [-0.15, -0.1) is 0 Å². The summed E-state index contributed by atoms with van der Waals surface area (Å²) in [6.07, 6.45) is 2.65. The molecule has 1 aromatic heterocycles. The van der Waals surface area contributed by atoms with Crippen LogP contribution >= 0.6 is 27.5 Å². The van der Waals surface area contributed by atoms with Crippen molar-refractivity contribution in [1.29, 1.82) is 0 Å². The Kier molecular flexibility index (Phi) is 4.99. The van der Waals surface area contributed by atoms with Gasteiger partial charge in [0.15, 0.2) is 0 Å². The number of hydrogen-bond donors (Lipinski definition) is 1. The van der Waals surface area contributed by atoms with Gasteiger partial charge in [0.2, 0.25) is 11.8 Å². The summed E-state index contributed by atoms with van der Waals surface area (Å²) in [5.41, 5.74) is 0. The first kappa shape index (κ1) is 14.1. The summed E-state index contributed by atoms with van der Waals surface area (Å²) in [7, 11) is 0. The molecule has 1 aromatic carbocycles. The molecule has 2 rings (SSSR count). The molecule has 0 aliphatic carbocycles. The van der Waals surface area contributed by atoms with E-state index in [0.29, 0.717) is 22.6 Å². The lowest BCUT2D eigenvalue weighted by Gasteiger charge is -2.08. The fraction of sp³-hybridized carbons (Fsp3) is 0.231. The number of halogens is 2. The number of nitrogens with one attached hydrogen (secondary N) is 1. The second-order valence-corrected chi connectivity index (χ2v) is 5.14. The minimum Gasteiger partial charge on any atom is -0.437 e. The minimum absolute atomic E-state index is 0.456. The monoisotopic (exact) mass is 341 g/mol. The number of benzene rings is 1. The summed E-state index contributed by atoms with van der Waals surface area (Å²) < 4.78 is 6.54. The summed E-state index contributed by atoms with van der Waals surface area (Å²) in [5, 5.41) is 3.63. The first-order valence-electron chi connectivity index (χ1n) is 5.89. The summed E-state index contributed by atoms with van der Waals surface area (Å²) in [5.74, 6) is 1.57. The van der Waals surface area contributed by atoms with Crippen molar-refractivity contribution < 1.29 is 4.74 Å². The van der Waals surface area contributed by atoms with E-state index in [2.05, 4.69) is 38.1 Å². The normalized spacial score (nSPS) is 10.3. The van der Waals surface area contributed by atoms with E-state index >= 15 is 0 Å². The van der Waals surface area contributed by atoms with Crippen LogP contribution in [0.5, 0.6) is 11.6 Å². The maximum absolute atomic E-state index is 6.09. The average Bonchev–Trinajstić information content (AvgIpc) is 2.40. The molecule has 6 heteroatoms. The zero-order chi connectivity index (χ0) is 13.7. The molecule has 0 unspecified atom stereocenters. The second-order valence-electron chi connectivity index (χ2n) is 3.82. The highest BCUT2D eigenvalue weighted by molar-refractivity contribution is 9.10. The van der Waals surface area contributed by atoms with E-state index in [-0.39, 0.29) is 0 Å². The van der Waals surface area contributed by atoms with Crippen LogP contribution in [0.25, 0.3) is 0 Å². The zero-order valence-electron chi connectivity index (χ0n) is 10.4. The van der Waals surface area contributed by atoms with Crippen LogP contribution in [0, 0.1) is 0 Å². The third kappa shape index (κ3) is 4.08. The summed E-state index contributed by atoms with van der Waals surface area (Å²) in [6, 6.07) is 7.11. The molecule has 19 heavy (non-hydrogen) atoms. The van der Waals surface area contributed by atoms with Crippen LogP contribution in [0.4, 0.5) is 5.95 Å². The highest BCUT2D eigenvalue weighted by Gasteiger charge is 2.05. The molecular weight excluding hydrogens is 330 g/mol. The summed E-state index contributed by atoms with van der Waals surface area (Å²) in [6.45, 7) is 2.90. The van der Waals surface area contributed by atoms with E-state index < -0.39 is 0 Å². The SMILES string of the molecule is CCCNc1nccc(Oc2ccc(Br)cc2Cl)n1. The van der Waals surface area contributed by atoms with Gasteiger partial charge in [-0.05, 0) is 24.6 Å². The van der Waals surface area contributed by atoms with Gasteiger partial charge in [-0.3, -0.25) is 0 Å². The highest BCUT2D eigenvalue weighted by Crippen LogP contribution is 2.30. The highest BCUT2D eigenvalue weighted by atomic mass is 79.9. The number of rotatable bonds is 5. The van der Waals surface area contributed by atoms with Gasteiger partial charge in [0.25, 0.3) is 0 Å². The van der Waals surface area contributed by atoms with Gasteiger partial charge in [0, 0.05) is 23.3 Å². The van der Waals surface area contributed by atoms with Crippen LogP contribution in [0.15, 0.2) is 34.9 Å². The van der Waals surface area contributed by atoms with Gasteiger partial charge < -0.3 is 10.1 Å². The first-order chi connectivity index (χ1) is 9.19. The smallest absolute Gasteiger partial charge is 0.225 e. The molecule has 0 radical (unpaired) electrons. The minimum atomic E-state index is 0.456. The Morgan fingerprint density at radius 1 is 1.37 bits per heavy atom. The lowest BCUT2D eigenvalue weighted by atomic mass is 10.3. The fourth-order valence-corrected chi connectivity index (χ4v) is 2.10. The van der Waals surface area contributed by atoms with Crippen molar-refractivity contribution in [2.24, 2.45) is 0 Å². The number of ether oxygens (including phenoxy) is 1. The van der Waals surface area contributed by atoms with Crippen molar-refractivity contribution in [2.45, 2.75) is 13.3 Å². The second kappa shape index (κ2) is 6.73. The first-order valence-corrected chi connectivity index (χ1v) is 7.06. The van der Waals surface area contributed by atoms with Gasteiger partial charge in [-0.1, -0.05) is 34.5 Å². The largest absolute Gasteiger partial charge is 0.437 e. The quantitative estimate of drug-likeness (QED) is 0.868. The molecule has 0 saturated heterocycles. The summed E-state index contributed by atoms with van der Waals surface area (Å²) in [4.78, 5) is 8.37. The molecule has 0 aliphatic rings. The zero-order valence-corrected chi connectivity index (χ0v) is 12.7. The van der Waals surface area contributed by atoms with E-state index in [9.17, 15) is 0 Å². The van der Waals surface area contributed by atoms with Gasteiger partial charge in [-0.25, -0.2) is 4.98 Å². The molecule has 4 nitrogen and oxygen atoms in total. The molecule has 2 aromatic rings. The molecule has 0 aliphatic heterocycles. The summed E-state index contributed by atoms with van der Waals surface area (Å²) >= 11 is 9.43. The number of anilines is 1. The lowest BCUT2D eigenvalue weighted by Crippen LogP contribution is -2.04. The number of hydrogen-bond acceptors (Lipinski definition) is 4. The molecular formula is C13H13BrClN3O. The van der Waals surface area contributed by atoms with Crippen LogP contribution in [0.1, 0.15) is 13.3 Å². The predicted octanol–water partition coefficient (Wildman–Crippen LogP) is 4.51. The molecule has 0 bridgehead atoms. The molecule has 1 heterocycles. The van der Waals surface area contributed by atoms with E-state index in [0.717, 1.165) is 17.4 Å². The van der Waals surface area contributed by atoms with Crippen molar-refractivity contribution >= 4 is 33.5 Å². The molecule has 0 saturated carbocycles. The van der Waals surface area contributed by atoms with E-state index in [1.54, 1.807) is 24.4 Å². The molecule has 0 amide bonds. The Morgan fingerprint density at radius 3 is 2.95 bits per heavy atom. The average molecular weight is 343 g/mol. The van der Waals surface area contributed by atoms with Gasteiger partial charge in [-0.2, -0.15) is 4.98 Å². The van der Waals surface area contributed by atoms with Crippen molar-refractivity contribution in [3.63, 3.8) is 0 Å². The third-order valence-electron chi connectivity index (χ3n) is 2.27. The maximum atomic E-state index is 6.09. The van der Waals surface area contributed by atoms with Gasteiger partial charge >= 0.3 is 0 Å². The standard InChI is InChI=1S/C13H13BrClN3O/c1-2-6-16-13-17-7-5-12(18-13)19-11-4-3-9(14)8-10(11)15/h3-5,7-8H,2,6H2,1H3,(H,16,17,18). The van der Waals surface area contributed by atoms with E-state index in [1.165, 1.54) is 0 Å². The Labute approximate surface area is 125 Å². The maximum Gasteiger partial charge on any atom is 0.225 e. The van der Waals surface area contributed by atoms with Crippen molar-refractivity contribution in [1.82, 2.24) is 9.97 Å². The van der Waals surface area contributed by atoms with Crippen LogP contribution in [-0.2, 0) is 0 Å². The molecule has 1 N–H and O–H groups in total. The Bertz CT molecular complexity index is 565. The number of aromatic nitrogens is 2. The Morgan fingerprint density at radius 2 is 2.21 bits per heavy atom. The molecule has 0 atom stereocenters. The van der Waals surface area contributed by atoms with Crippen molar-refractivity contribution in [3.05, 3.63) is 40.0 Å². The van der Waals surface area contributed by atoms with Gasteiger partial charge in [0.1, 0.15) is 5.75 Å². The molecule has 100 valence electrons. The third-order valence-corrected chi connectivity index (χ3v) is 3.06. The van der Waals surface area contributed by atoms with Crippen LogP contribution in [-0.4, -0.2) is 16.5 Å². The van der Waals surface area contributed by atoms with E-state index in [4.69, 9.17) is 16.3 Å².